The molecule has 1 aliphatic rings. The van der Waals surface area contributed by atoms with E-state index in [1.165, 1.54) is 0 Å². The van der Waals surface area contributed by atoms with Crippen LogP contribution in [0.4, 0.5) is 0 Å². The van der Waals surface area contributed by atoms with Crippen LogP contribution >= 0.6 is 11.3 Å². The number of aromatic nitrogens is 2. The van der Waals surface area contributed by atoms with E-state index in [0.717, 1.165) is 35.1 Å². The quantitative estimate of drug-likeness (QED) is 0.744. The second-order valence-corrected chi connectivity index (χ2v) is 5.97. The third kappa shape index (κ3) is 2.70. The summed E-state index contributed by atoms with van der Waals surface area (Å²) >= 11 is 1.64. The summed E-state index contributed by atoms with van der Waals surface area (Å²) in [5.74, 6) is 0.760. The van der Waals surface area contributed by atoms with Crippen LogP contribution in [0.1, 0.15) is 17.0 Å². The minimum absolute atomic E-state index is 0.0585. The molecule has 0 unspecified atom stereocenters. The lowest BCUT2D eigenvalue weighted by Crippen LogP contribution is -2.37. The van der Waals surface area contributed by atoms with Gasteiger partial charge in [0.05, 0.1) is 13.2 Å². The fraction of sp³-hybridized carbons (Fsp3) is 0.333. The SMILES string of the molecule is c1ccc2oc(CN3CCO[C@@H](c4nccs4)C3)nc2c1. The van der Waals surface area contributed by atoms with Gasteiger partial charge in [0.25, 0.3) is 0 Å². The molecular formula is C15H15N3O2S. The number of benzene rings is 1. The first-order valence-corrected chi connectivity index (χ1v) is 7.84. The highest BCUT2D eigenvalue weighted by atomic mass is 32.1. The van der Waals surface area contributed by atoms with E-state index in [1.54, 1.807) is 11.3 Å². The van der Waals surface area contributed by atoms with Crippen LogP contribution in [0.3, 0.4) is 0 Å². The van der Waals surface area contributed by atoms with E-state index in [2.05, 4.69) is 14.9 Å². The molecule has 0 bridgehead atoms. The highest BCUT2D eigenvalue weighted by Crippen LogP contribution is 2.25. The lowest BCUT2D eigenvalue weighted by Gasteiger charge is -2.30. The number of para-hydroxylation sites is 2. The van der Waals surface area contributed by atoms with Gasteiger partial charge in [0.1, 0.15) is 16.6 Å². The smallest absolute Gasteiger partial charge is 0.209 e. The molecule has 0 N–H and O–H groups in total. The number of rotatable bonds is 3. The van der Waals surface area contributed by atoms with E-state index < -0.39 is 0 Å². The van der Waals surface area contributed by atoms with E-state index >= 15 is 0 Å². The fourth-order valence-electron chi connectivity index (χ4n) is 2.57. The molecule has 0 spiro atoms. The predicted molar refractivity (Wildman–Crippen MR) is 80.1 cm³/mol. The van der Waals surface area contributed by atoms with Crippen molar-refractivity contribution in [3.63, 3.8) is 0 Å². The Morgan fingerprint density at radius 3 is 3.14 bits per heavy atom. The average molecular weight is 301 g/mol. The second kappa shape index (κ2) is 5.55. The number of morpholine rings is 1. The number of nitrogens with zero attached hydrogens (tertiary/aromatic N) is 3. The molecule has 6 heteroatoms. The maximum absolute atomic E-state index is 5.80. The van der Waals surface area contributed by atoms with Crippen LogP contribution in [0.5, 0.6) is 0 Å². The van der Waals surface area contributed by atoms with Crippen molar-refractivity contribution in [2.45, 2.75) is 12.6 Å². The summed E-state index contributed by atoms with van der Waals surface area (Å²) in [6.07, 6.45) is 1.88. The Balaban J connectivity index is 1.48. The predicted octanol–water partition coefficient (Wildman–Crippen LogP) is 2.86. The summed E-state index contributed by atoms with van der Waals surface area (Å²) in [6.45, 7) is 3.14. The van der Waals surface area contributed by atoms with E-state index in [0.29, 0.717) is 13.2 Å². The third-order valence-corrected chi connectivity index (χ3v) is 4.44. The van der Waals surface area contributed by atoms with Gasteiger partial charge in [-0.25, -0.2) is 9.97 Å². The molecule has 1 aromatic carbocycles. The standard InChI is InChI=1S/C15H15N3O2S/c1-2-4-12-11(3-1)17-14(20-12)10-18-6-7-19-13(9-18)15-16-5-8-21-15/h1-5,8,13H,6-7,9-10H2/t13-/m1/s1. The zero-order valence-electron chi connectivity index (χ0n) is 11.4. The molecule has 1 saturated heterocycles. The molecule has 108 valence electrons. The summed E-state index contributed by atoms with van der Waals surface area (Å²) < 4.78 is 11.6. The number of fused-ring (bicyclic) bond motifs is 1. The molecule has 0 radical (unpaired) electrons. The van der Waals surface area contributed by atoms with Gasteiger partial charge in [-0.3, -0.25) is 4.90 Å². The summed E-state index contributed by atoms with van der Waals surface area (Å²) in [4.78, 5) is 11.2. The van der Waals surface area contributed by atoms with Crippen molar-refractivity contribution in [2.75, 3.05) is 19.7 Å². The summed E-state index contributed by atoms with van der Waals surface area (Å²) in [5.41, 5.74) is 1.76. The van der Waals surface area contributed by atoms with E-state index in [4.69, 9.17) is 9.15 Å². The Bertz CT molecular complexity index is 692. The maximum Gasteiger partial charge on any atom is 0.209 e. The Morgan fingerprint density at radius 1 is 1.33 bits per heavy atom. The van der Waals surface area contributed by atoms with Gasteiger partial charge in [0.2, 0.25) is 5.89 Å². The van der Waals surface area contributed by atoms with Gasteiger partial charge < -0.3 is 9.15 Å². The van der Waals surface area contributed by atoms with Crippen LogP contribution in [0.25, 0.3) is 11.1 Å². The van der Waals surface area contributed by atoms with Crippen LogP contribution in [-0.2, 0) is 11.3 Å². The van der Waals surface area contributed by atoms with E-state index in [9.17, 15) is 0 Å². The Kier molecular flexibility index (Phi) is 3.42. The van der Waals surface area contributed by atoms with Gasteiger partial charge in [-0.05, 0) is 12.1 Å². The number of thiazole rings is 1. The van der Waals surface area contributed by atoms with Gasteiger partial charge in [0, 0.05) is 24.7 Å². The first-order chi connectivity index (χ1) is 10.4. The fourth-order valence-corrected chi connectivity index (χ4v) is 3.25. The van der Waals surface area contributed by atoms with Crippen LogP contribution in [0.15, 0.2) is 40.3 Å². The van der Waals surface area contributed by atoms with Gasteiger partial charge in [-0.2, -0.15) is 0 Å². The molecule has 2 aromatic heterocycles. The molecule has 5 nitrogen and oxygen atoms in total. The Hall–Kier alpha value is -1.76. The zero-order chi connectivity index (χ0) is 14.1. The second-order valence-electron chi connectivity index (χ2n) is 5.04. The zero-order valence-corrected chi connectivity index (χ0v) is 12.3. The van der Waals surface area contributed by atoms with Crippen molar-refractivity contribution >= 4 is 22.4 Å². The van der Waals surface area contributed by atoms with Gasteiger partial charge >= 0.3 is 0 Å². The lowest BCUT2D eigenvalue weighted by atomic mass is 10.3. The van der Waals surface area contributed by atoms with E-state index in [1.807, 2.05) is 35.8 Å². The Labute approximate surface area is 126 Å². The molecule has 1 atom stereocenters. The van der Waals surface area contributed by atoms with Crippen LogP contribution < -0.4 is 0 Å². The van der Waals surface area contributed by atoms with Gasteiger partial charge in [0.15, 0.2) is 5.58 Å². The molecule has 21 heavy (non-hydrogen) atoms. The molecule has 3 aromatic rings. The van der Waals surface area contributed by atoms with Gasteiger partial charge in [-0.1, -0.05) is 12.1 Å². The molecule has 0 saturated carbocycles. The van der Waals surface area contributed by atoms with Crippen molar-refractivity contribution in [3.8, 4) is 0 Å². The van der Waals surface area contributed by atoms with Crippen molar-refractivity contribution in [3.05, 3.63) is 46.7 Å². The molecule has 1 fully saturated rings. The van der Waals surface area contributed by atoms with Crippen LogP contribution in [-0.4, -0.2) is 34.6 Å². The minimum Gasteiger partial charge on any atom is -0.439 e. The maximum atomic E-state index is 5.80. The number of hydrogen-bond donors (Lipinski definition) is 0. The van der Waals surface area contributed by atoms with Crippen molar-refractivity contribution in [1.29, 1.82) is 0 Å². The molecular weight excluding hydrogens is 286 g/mol. The van der Waals surface area contributed by atoms with Crippen molar-refractivity contribution in [1.82, 2.24) is 14.9 Å². The highest BCUT2D eigenvalue weighted by molar-refractivity contribution is 7.09. The number of oxazole rings is 1. The summed E-state index contributed by atoms with van der Waals surface area (Å²) in [7, 11) is 0. The minimum atomic E-state index is 0.0585. The van der Waals surface area contributed by atoms with E-state index in [-0.39, 0.29) is 6.10 Å². The molecule has 0 aliphatic carbocycles. The highest BCUT2D eigenvalue weighted by Gasteiger charge is 2.24. The molecule has 3 heterocycles. The molecule has 0 amide bonds. The number of ether oxygens (including phenoxy) is 1. The van der Waals surface area contributed by atoms with Crippen molar-refractivity contribution < 1.29 is 9.15 Å². The average Bonchev–Trinajstić information content (AvgIpc) is 3.16. The summed E-state index contributed by atoms with van der Waals surface area (Å²) in [5, 5.41) is 3.02. The normalized spacial score (nSPS) is 20.1. The van der Waals surface area contributed by atoms with Gasteiger partial charge in [-0.15, -0.1) is 11.3 Å². The van der Waals surface area contributed by atoms with Crippen LogP contribution in [0.2, 0.25) is 0 Å². The monoisotopic (exact) mass is 301 g/mol. The first-order valence-electron chi connectivity index (χ1n) is 6.96. The van der Waals surface area contributed by atoms with Crippen LogP contribution in [0, 0.1) is 0 Å². The lowest BCUT2D eigenvalue weighted by molar-refractivity contribution is -0.0351. The number of hydrogen-bond acceptors (Lipinski definition) is 6. The summed E-state index contributed by atoms with van der Waals surface area (Å²) in [6, 6.07) is 7.86. The first kappa shape index (κ1) is 12.9. The topological polar surface area (TPSA) is 51.4 Å². The largest absolute Gasteiger partial charge is 0.439 e. The molecule has 4 rings (SSSR count). The Morgan fingerprint density at radius 2 is 2.29 bits per heavy atom. The third-order valence-electron chi connectivity index (χ3n) is 3.57. The van der Waals surface area contributed by atoms with Crippen molar-refractivity contribution in [2.24, 2.45) is 0 Å². The molecule has 1 aliphatic heterocycles.